The second-order valence-electron chi connectivity index (χ2n) is 27.6. The molecule has 0 radical (unpaired) electrons. The van der Waals surface area contributed by atoms with E-state index >= 15 is 28.8 Å². The van der Waals surface area contributed by atoms with Crippen LogP contribution < -0.4 is 20.9 Å². The zero-order valence-corrected chi connectivity index (χ0v) is 57.6. The van der Waals surface area contributed by atoms with Gasteiger partial charge in [0.1, 0.15) is 48.1 Å². The summed E-state index contributed by atoms with van der Waals surface area (Å²) >= 11 is 0. The average molecular weight is 1280 g/mol. The van der Waals surface area contributed by atoms with Crippen LogP contribution in [0.4, 0.5) is 5.82 Å². The zero-order chi connectivity index (χ0) is 68.2. The van der Waals surface area contributed by atoms with E-state index in [9.17, 15) is 19.5 Å². The van der Waals surface area contributed by atoms with Crippen molar-refractivity contribution in [3.05, 3.63) is 83.9 Å². The maximum Gasteiger partial charge on any atom is 0.332 e. The number of pyridine rings is 1. The van der Waals surface area contributed by atoms with Gasteiger partial charge in [-0.15, -0.1) is 0 Å². The number of anilines is 1. The smallest absolute Gasteiger partial charge is 0.332 e. The highest BCUT2D eigenvalue weighted by Crippen LogP contribution is 2.29. The molecule has 4 N–H and O–H groups in total. The molecule has 0 unspecified atom stereocenters. The minimum atomic E-state index is -1.99. The van der Waals surface area contributed by atoms with Crippen molar-refractivity contribution in [2.24, 2.45) is 29.6 Å². The van der Waals surface area contributed by atoms with Crippen LogP contribution in [0.25, 0.3) is 11.3 Å². The third-order valence-corrected chi connectivity index (χ3v) is 18.8. The van der Waals surface area contributed by atoms with Crippen molar-refractivity contribution in [2.45, 2.75) is 188 Å². The number of carbonyl (C=O) groups is 9. The number of ether oxygens (including phenoxy) is 1. The molecule has 22 nitrogen and oxygen atoms in total. The summed E-state index contributed by atoms with van der Waals surface area (Å²) in [5.74, 6) is -8.03. The van der Waals surface area contributed by atoms with Crippen molar-refractivity contribution in [1.29, 1.82) is 0 Å². The maximum atomic E-state index is 15.9. The number of benzene rings is 2. The van der Waals surface area contributed by atoms with Crippen molar-refractivity contribution >= 4 is 59.0 Å². The Morgan fingerprint density at radius 2 is 1.15 bits per heavy atom. The summed E-state index contributed by atoms with van der Waals surface area (Å²) in [4.78, 5) is 153. The van der Waals surface area contributed by atoms with Gasteiger partial charge < -0.3 is 60.1 Å². The van der Waals surface area contributed by atoms with Crippen LogP contribution in [0.3, 0.4) is 0 Å². The van der Waals surface area contributed by atoms with Gasteiger partial charge in [0.05, 0.1) is 11.3 Å². The molecule has 92 heavy (non-hydrogen) atoms. The molecule has 22 heteroatoms. The molecule has 8 amide bonds. The molecule has 0 bridgehead atoms. The number of carbonyl (C=O) groups excluding carboxylic acids is 9. The Balaban J connectivity index is 1.52. The lowest BCUT2D eigenvalue weighted by molar-refractivity contribution is -0.177. The molecule has 1 aromatic heterocycles. The summed E-state index contributed by atoms with van der Waals surface area (Å²) in [7, 11) is 7.80. The Morgan fingerprint density at radius 3 is 1.73 bits per heavy atom. The van der Waals surface area contributed by atoms with Gasteiger partial charge >= 0.3 is 5.97 Å². The highest BCUT2D eigenvalue weighted by molar-refractivity contribution is 5.99. The lowest BCUT2D eigenvalue weighted by Gasteiger charge is -2.39. The Kier molecular flexibility index (Phi) is 25.9. The molecule has 0 spiro atoms. The first-order valence-corrected chi connectivity index (χ1v) is 33.1. The number of nitrogens with zero attached hydrogens (tertiary/aromatic N) is 8. The van der Waals surface area contributed by atoms with E-state index in [-0.39, 0.29) is 38.1 Å². The Hall–Kier alpha value is -7.46. The van der Waals surface area contributed by atoms with Gasteiger partial charge in [0.2, 0.25) is 41.4 Å². The molecule has 6 rings (SSSR count). The second kappa shape index (κ2) is 32.4. The van der Waals surface area contributed by atoms with Crippen molar-refractivity contribution in [2.75, 3.05) is 72.9 Å². The van der Waals surface area contributed by atoms with E-state index in [1.165, 1.54) is 61.6 Å². The molecule has 0 aliphatic carbocycles. The van der Waals surface area contributed by atoms with Crippen LogP contribution in [-0.2, 0) is 60.7 Å². The first-order chi connectivity index (χ1) is 43.3. The van der Waals surface area contributed by atoms with Gasteiger partial charge in [-0.25, -0.2) is 9.78 Å². The standard InChI is InChI=1S/C70H105N11O11/c1-18-45(9)56-67(88)77(15)57(43(5)6)62(83)72-51(38-42(3)4)65(86)79(17)60(70(11,12)91)69(90)92-59(46(10)19-2)68(89)78(16)58(44(7)8)63(84)73-52(40-47-26-21-20-22-27-47)64(85)76(14)54(66(87)81-33-25-31-53(81)61(82)74-56)41-48-28-23-29-49(39-48)50-30-24-32-55(71-50)80-36-34-75(13)35-37-80/h20-24,26-30,32,39,42-46,51-54,56-60,91H,18-19,25,31,33-38,40-41H2,1-17H3,(H,72,83)(H,73,84)(H,74,82)/t45-,46-,51-,52-,53-,54-,56-,57-,58-,59+,60+/m0/s1. The normalized spacial score (nSPS) is 25.7. The molecule has 3 saturated heterocycles. The highest BCUT2D eigenvalue weighted by Gasteiger charge is 2.48. The van der Waals surface area contributed by atoms with E-state index in [0.29, 0.717) is 36.1 Å². The molecular formula is C70H105N11O11. The number of aliphatic hydroxyl groups is 1. The topological polar surface area (TPSA) is 255 Å². The summed E-state index contributed by atoms with van der Waals surface area (Å²) in [6, 6.07) is 12.2. The Bertz CT molecular complexity index is 3050. The van der Waals surface area contributed by atoms with Gasteiger partial charge in [-0.2, -0.15) is 0 Å². The molecule has 0 saturated carbocycles. The second-order valence-corrected chi connectivity index (χ2v) is 27.6. The summed E-state index contributed by atoms with van der Waals surface area (Å²) < 4.78 is 6.15. The third kappa shape index (κ3) is 18.0. The third-order valence-electron chi connectivity index (χ3n) is 18.8. The molecule has 506 valence electrons. The Labute approximate surface area is 545 Å². The SMILES string of the molecule is CC[C@H](C)[C@@H]1NC(=O)[C@@H]2CCCN2C(=O)[C@H](Cc2cccc(-c3cccc(N4CCN(C)CC4)n3)c2)N(C)C(=O)[C@H](Cc2ccccc2)NC(=O)[C@H](C(C)C)N(C)C(=O)[C@@H]([C@@H](C)CC)OC(=O)[C@H](C(C)(C)O)N(C)C(=O)[C@H](CC(C)C)NC(=O)[C@H](C(C)C)N(C)C1=O. The predicted molar refractivity (Wildman–Crippen MR) is 354 cm³/mol. The lowest BCUT2D eigenvalue weighted by Crippen LogP contribution is -2.63. The van der Waals surface area contributed by atoms with Crippen LogP contribution in [0, 0.1) is 29.6 Å². The van der Waals surface area contributed by atoms with Gasteiger partial charge in [0.15, 0.2) is 12.1 Å². The number of rotatable bonds is 15. The fraction of sp³-hybridized carbons (Fsp3) is 0.629. The quantitative estimate of drug-likeness (QED) is 0.143. The largest absolute Gasteiger partial charge is 0.450 e. The number of esters is 1. The van der Waals surface area contributed by atoms with Crippen LogP contribution in [-0.4, -0.2) is 221 Å². The number of piperazine rings is 1. The number of nitrogens with one attached hydrogen (secondary N) is 3. The van der Waals surface area contributed by atoms with Crippen LogP contribution in [0.1, 0.15) is 126 Å². The van der Waals surface area contributed by atoms with Crippen LogP contribution in [0.5, 0.6) is 0 Å². The molecule has 3 fully saturated rings. The highest BCUT2D eigenvalue weighted by atomic mass is 16.6. The van der Waals surface area contributed by atoms with Gasteiger partial charge in [0.25, 0.3) is 5.91 Å². The van der Waals surface area contributed by atoms with Crippen molar-refractivity contribution in [1.82, 2.24) is 50.3 Å². The zero-order valence-electron chi connectivity index (χ0n) is 57.6. The van der Waals surface area contributed by atoms with E-state index in [2.05, 4.69) is 32.8 Å². The van der Waals surface area contributed by atoms with Gasteiger partial charge in [-0.05, 0) is 99.6 Å². The number of likely N-dealkylation sites (N-methyl/N-ethyl adjacent to an activating group) is 5. The van der Waals surface area contributed by atoms with E-state index in [1.807, 2.05) is 88.4 Å². The maximum absolute atomic E-state index is 15.9. The van der Waals surface area contributed by atoms with Crippen molar-refractivity contribution in [3.8, 4) is 11.3 Å². The molecule has 4 heterocycles. The van der Waals surface area contributed by atoms with Crippen molar-refractivity contribution in [3.63, 3.8) is 0 Å². The summed E-state index contributed by atoms with van der Waals surface area (Å²) in [5, 5.41) is 20.7. The number of cyclic esters (lactones) is 1. The first kappa shape index (κ1) is 73.6. The van der Waals surface area contributed by atoms with E-state index in [4.69, 9.17) is 9.72 Å². The number of hydrogen-bond donors (Lipinski definition) is 4. The fourth-order valence-electron chi connectivity index (χ4n) is 13.0. The molecule has 2 aromatic carbocycles. The average Bonchev–Trinajstić information content (AvgIpc) is 1.17. The van der Waals surface area contributed by atoms with E-state index < -0.39 is 137 Å². The summed E-state index contributed by atoms with van der Waals surface area (Å²) in [6.45, 7) is 24.1. The minimum absolute atomic E-state index is 0.0311. The van der Waals surface area contributed by atoms with E-state index in [0.717, 1.165) is 42.5 Å². The number of fused-ring (bicyclic) bond motifs is 1. The van der Waals surface area contributed by atoms with Crippen LogP contribution in [0.2, 0.25) is 0 Å². The fourth-order valence-corrected chi connectivity index (χ4v) is 13.0. The molecule has 11 atom stereocenters. The van der Waals surface area contributed by atoms with Gasteiger partial charge in [-0.1, -0.05) is 130 Å². The van der Waals surface area contributed by atoms with Crippen LogP contribution >= 0.6 is 0 Å². The van der Waals surface area contributed by atoms with Crippen LogP contribution in [0.15, 0.2) is 72.8 Å². The lowest BCUT2D eigenvalue weighted by atomic mass is 9.93. The molecular weight excluding hydrogens is 1170 g/mol. The minimum Gasteiger partial charge on any atom is -0.450 e. The number of aromatic nitrogens is 1. The van der Waals surface area contributed by atoms with Crippen molar-refractivity contribution < 1.29 is 53.0 Å². The van der Waals surface area contributed by atoms with Gasteiger partial charge in [-0.3, -0.25) is 38.4 Å². The monoisotopic (exact) mass is 1280 g/mol. The summed E-state index contributed by atoms with van der Waals surface area (Å²) in [6.07, 6.45) is -0.121. The predicted octanol–water partition coefficient (Wildman–Crippen LogP) is 5.19. The van der Waals surface area contributed by atoms with E-state index in [1.54, 1.807) is 53.7 Å². The Morgan fingerprint density at radius 1 is 0.587 bits per heavy atom. The number of hydrogen-bond acceptors (Lipinski definition) is 14. The number of amides is 8. The molecule has 3 aromatic rings. The first-order valence-electron chi connectivity index (χ1n) is 33.1. The molecule has 3 aliphatic rings. The summed E-state index contributed by atoms with van der Waals surface area (Å²) in [5.41, 5.74) is 0.856. The molecule has 3 aliphatic heterocycles. The van der Waals surface area contributed by atoms with Gasteiger partial charge in [0, 0.05) is 85.2 Å².